The average Bonchev–Trinajstić information content (AvgIpc) is 2.38. The molecule has 5 nitrogen and oxygen atoms in total. The Morgan fingerprint density at radius 3 is 2.00 bits per heavy atom. The van der Waals surface area contributed by atoms with Crippen LogP contribution in [0, 0.1) is 0 Å². The van der Waals surface area contributed by atoms with Crippen molar-refractivity contribution in [3.8, 4) is 0 Å². The molecular formula is C12H16F3N3O2S. The van der Waals surface area contributed by atoms with E-state index in [4.69, 9.17) is 5.14 Å². The van der Waals surface area contributed by atoms with Gasteiger partial charge in [-0.3, -0.25) is 4.90 Å². The van der Waals surface area contributed by atoms with Crippen LogP contribution in [-0.2, 0) is 10.2 Å². The predicted molar refractivity (Wildman–Crippen MR) is 71.5 cm³/mol. The quantitative estimate of drug-likeness (QED) is 0.906. The summed E-state index contributed by atoms with van der Waals surface area (Å²) in [5.74, 6) is 0. The smallest absolute Gasteiger partial charge is 0.286 e. The fourth-order valence-electron chi connectivity index (χ4n) is 2.46. The zero-order valence-electron chi connectivity index (χ0n) is 11.1. The maximum Gasteiger partial charge on any atom is 0.408 e. The molecule has 2 rings (SSSR count). The number of rotatable bonds is 3. The minimum Gasteiger partial charge on any atom is -0.286 e. The fourth-order valence-corrected chi connectivity index (χ4v) is 3.13. The summed E-state index contributed by atoms with van der Waals surface area (Å²) in [4.78, 5) is 1.23. The fraction of sp³-hybridized carbons (Fsp3) is 0.500. The van der Waals surface area contributed by atoms with Crippen LogP contribution in [0.5, 0.6) is 0 Å². The molecule has 0 amide bonds. The number of benzene rings is 1. The number of piperazine rings is 1. The molecule has 9 heteroatoms. The second-order valence-corrected chi connectivity index (χ2v) is 6.38. The normalized spacial score (nSPS) is 20.4. The van der Waals surface area contributed by atoms with Gasteiger partial charge in [0.2, 0.25) is 0 Å². The van der Waals surface area contributed by atoms with Gasteiger partial charge in [0, 0.05) is 26.2 Å². The maximum absolute atomic E-state index is 13.3. The number of halogens is 3. The van der Waals surface area contributed by atoms with E-state index in [0.29, 0.717) is 0 Å². The van der Waals surface area contributed by atoms with E-state index in [9.17, 15) is 21.6 Å². The van der Waals surface area contributed by atoms with E-state index in [1.165, 1.54) is 17.0 Å². The van der Waals surface area contributed by atoms with Crippen LogP contribution in [0.15, 0.2) is 30.3 Å². The highest BCUT2D eigenvalue weighted by Crippen LogP contribution is 2.38. The number of nitrogens with zero attached hydrogens (tertiary/aromatic N) is 2. The van der Waals surface area contributed by atoms with Crippen LogP contribution in [-0.4, -0.2) is 50.0 Å². The van der Waals surface area contributed by atoms with Crippen LogP contribution in [0.2, 0.25) is 0 Å². The van der Waals surface area contributed by atoms with Crippen LogP contribution >= 0.6 is 0 Å². The summed E-state index contributed by atoms with van der Waals surface area (Å²) in [7, 11) is -3.85. The largest absolute Gasteiger partial charge is 0.408 e. The first-order valence-electron chi connectivity index (χ1n) is 6.33. The van der Waals surface area contributed by atoms with Crippen molar-refractivity contribution in [2.45, 2.75) is 12.2 Å². The number of hydrogen-bond acceptors (Lipinski definition) is 3. The zero-order chi connectivity index (χ0) is 15.7. The molecule has 1 saturated heterocycles. The van der Waals surface area contributed by atoms with Crippen molar-refractivity contribution in [2.75, 3.05) is 26.2 Å². The molecule has 21 heavy (non-hydrogen) atoms. The monoisotopic (exact) mass is 323 g/mol. The van der Waals surface area contributed by atoms with Gasteiger partial charge in [-0.25, -0.2) is 5.14 Å². The van der Waals surface area contributed by atoms with Crippen LogP contribution in [0.25, 0.3) is 0 Å². The van der Waals surface area contributed by atoms with Crippen LogP contribution in [0.4, 0.5) is 13.2 Å². The number of hydrogen-bond donors (Lipinski definition) is 1. The van der Waals surface area contributed by atoms with Crippen LogP contribution < -0.4 is 5.14 Å². The molecular weight excluding hydrogens is 307 g/mol. The van der Waals surface area contributed by atoms with Gasteiger partial charge in [-0.15, -0.1) is 0 Å². The van der Waals surface area contributed by atoms with Crippen LogP contribution in [0.1, 0.15) is 11.6 Å². The third-order valence-electron chi connectivity index (χ3n) is 3.42. The SMILES string of the molecule is NS(=O)(=O)N1CCN([C@H](c2ccccc2)C(F)(F)F)CC1. The second kappa shape index (κ2) is 5.91. The Morgan fingerprint density at radius 1 is 1.05 bits per heavy atom. The van der Waals surface area contributed by atoms with Crippen molar-refractivity contribution in [3.05, 3.63) is 35.9 Å². The summed E-state index contributed by atoms with van der Waals surface area (Å²) in [6.45, 7) is -0.124. The van der Waals surface area contributed by atoms with Gasteiger partial charge in [0.25, 0.3) is 10.2 Å². The highest BCUT2D eigenvalue weighted by Gasteiger charge is 2.45. The van der Waals surface area contributed by atoms with Gasteiger partial charge < -0.3 is 0 Å². The lowest BCUT2D eigenvalue weighted by Gasteiger charge is -2.38. The van der Waals surface area contributed by atoms with Gasteiger partial charge in [0.1, 0.15) is 6.04 Å². The van der Waals surface area contributed by atoms with Crippen molar-refractivity contribution < 1.29 is 21.6 Å². The lowest BCUT2D eigenvalue weighted by Crippen LogP contribution is -2.53. The van der Waals surface area contributed by atoms with Crippen molar-refractivity contribution in [1.82, 2.24) is 9.21 Å². The molecule has 0 unspecified atom stereocenters. The molecule has 1 aliphatic heterocycles. The maximum atomic E-state index is 13.3. The summed E-state index contributed by atoms with van der Waals surface area (Å²) in [5, 5.41) is 4.99. The molecule has 0 saturated carbocycles. The van der Waals surface area contributed by atoms with Gasteiger partial charge in [0.05, 0.1) is 0 Å². The van der Waals surface area contributed by atoms with E-state index in [0.717, 1.165) is 4.31 Å². The molecule has 1 fully saturated rings. The average molecular weight is 323 g/mol. The standard InChI is InChI=1S/C12H16F3N3O2S/c13-12(14,15)11(10-4-2-1-3-5-10)17-6-8-18(9-7-17)21(16,19)20/h1-5,11H,6-9H2,(H2,16,19,20)/t11-/m1/s1. The molecule has 1 heterocycles. The van der Waals surface area contributed by atoms with E-state index >= 15 is 0 Å². The molecule has 0 spiro atoms. The Kier molecular flexibility index (Phi) is 4.57. The van der Waals surface area contributed by atoms with Crippen molar-refractivity contribution in [2.24, 2.45) is 5.14 Å². The predicted octanol–water partition coefficient (Wildman–Crippen LogP) is 1.11. The summed E-state index contributed by atoms with van der Waals surface area (Å²) in [6.07, 6.45) is -4.43. The van der Waals surface area contributed by atoms with Gasteiger partial charge in [-0.2, -0.15) is 25.9 Å². The second-order valence-electron chi connectivity index (χ2n) is 4.83. The molecule has 0 bridgehead atoms. The van der Waals surface area contributed by atoms with E-state index < -0.39 is 22.4 Å². The first-order valence-corrected chi connectivity index (χ1v) is 7.83. The molecule has 1 aliphatic rings. The van der Waals surface area contributed by atoms with Crippen molar-refractivity contribution in [3.63, 3.8) is 0 Å². The lowest BCUT2D eigenvalue weighted by molar-refractivity contribution is -0.189. The minimum atomic E-state index is -4.43. The van der Waals surface area contributed by atoms with Gasteiger partial charge in [0.15, 0.2) is 0 Å². The van der Waals surface area contributed by atoms with Crippen molar-refractivity contribution in [1.29, 1.82) is 0 Å². The van der Waals surface area contributed by atoms with Crippen LogP contribution in [0.3, 0.4) is 0 Å². The van der Waals surface area contributed by atoms with E-state index in [1.54, 1.807) is 18.2 Å². The lowest BCUT2D eigenvalue weighted by atomic mass is 10.0. The Labute approximate surface area is 121 Å². The summed E-state index contributed by atoms with van der Waals surface area (Å²) in [5.41, 5.74) is 0.147. The van der Waals surface area contributed by atoms with E-state index in [-0.39, 0.29) is 31.7 Å². The van der Waals surface area contributed by atoms with Gasteiger partial charge in [-0.05, 0) is 5.56 Å². The van der Waals surface area contributed by atoms with Gasteiger partial charge in [-0.1, -0.05) is 30.3 Å². The third kappa shape index (κ3) is 3.94. The van der Waals surface area contributed by atoms with E-state index in [1.807, 2.05) is 0 Å². The Hall–Kier alpha value is -1.16. The molecule has 2 N–H and O–H groups in total. The molecule has 1 atom stereocenters. The zero-order valence-corrected chi connectivity index (χ0v) is 11.9. The molecule has 1 aromatic rings. The minimum absolute atomic E-state index is 0.0184. The highest BCUT2D eigenvalue weighted by atomic mass is 32.2. The summed E-state index contributed by atoms with van der Waals surface area (Å²) in [6, 6.07) is 5.86. The first-order chi connectivity index (χ1) is 9.69. The van der Waals surface area contributed by atoms with E-state index in [2.05, 4.69) is 0 Å². The number of alkyl halides is 3. The summed E-state index contributed by atoms with van der Waals surface area (Å²) >= 11 is 0. The highest BCUT2D eigenvalue weighted by molar-refractivity contribution is 7.86. The van der Waals surface area contributed by atoms with Crippen molar-refractivity contribution >= 4 is 10.2 Å². The molecule has 0 aliphatic carbocycles. The summed E-state index contributed by atoms with van der Waals surface area (Å²) < 4.78 is 63.3. The molecule has 118 valence electrons. The molecule has 0 aromatic heterocycles. The Bertz CT molecular complexity index is 569. The van der Waals surface area contributed by atoms with Gasteiger partial charge >= 0.3 is 6.18 Å². The first kappa shape index (κ1) is 16.2. The molecule has 0 radical (unpaired) electrons. The molecule has 1 aromatic carbocycles. The topological polar surface area (TPSA) is 66.6 Å². The third-order valence-corrected chi connectivity index (χ3v) is 4.51. The number of nitrogens with two attached hydrogens (primary N) is 1. The Balaban J connectivity index is 2.18. The Morgan fingerprint density at radius 2 is 1.57 bits per heavy atom.